The fraction of sp³-hybridized carbons (Fsp3) is 0.500. The quantitative estimate of drug-likeness (QED) is 0.892. The second-order valence-corrected chi connectivity index (χ2v) is 6.77. The van der Waals surface area contributed by atoms with Gasteiger partial charge in [0.05, 0.1) is 0 Å². The summed E-state index contributed by atoms with van der Waals surface area (Å²) in [6.45, 7) is 1.78. The van der Waals surface area contributed by atoms with Crippen molar-refractivity contribution >= 4 is 21.1 Å². The van der Waals surface area contributed by atoms with Gasteiger partial charge >= 0.3 is 0 Å². The smallest absolute Gasteiger partial charge is 0.243 e. The lowest BCUT2D eigenvalue weighted by Gasteiger charge is -2.29. The zero-order chi connectivity index (χ0) is 14.2. The number of aromatic nitrogens is 2. The summed E-state index contributed by atoms with van der Waals surface area (Å²) in [6.07, 6.45) is 1.62. The Balaban J connectivity index is 1.86. The summed E-state index contributed by atoms with van der Waals surface area (Å²) < 4.78 is 32.3. The van der Waals surface area contributed by atoms with Crippen molar-refractivity contribution in [3.63, 3.8) is 0 Å². The van der Waals surface area contributed by atoms with Crippen molar-refractivity contribution in [2.75, 3.05) is 20.1 Å². The number of nitrogens with zero attached hydrogens (tertiary/aromatic N) is 3. The SMILES string of the molecule is CN1CCC(NS(=O)(=O)c2cccc3nonc23)CC1. The van der Waals surface area contributed by atoms with Gasteiger partial charge in [-0.05, 0) is 55.4 Å². The molecule has 2 heterocycles. The Bertz CT molecular complexity index is 704. The number of rotatable bonds is 3. The minimum Gasteiger partial charge on any atom is -0.306 e. The highest BCUT2D eigenvalue weighted by molar-refractivity contribution is 7.89. The van der Waals surface area contributed by atoms with E-state index in [0.29, 0.717) is 5.52 Å². The normalized spacial score (nSPS) is 18.6. The van der Waals surface area contributed by atoms with Crippen molar-refractivity contribution < 1.29 is 13.0 Å². The van der Waals surface area contributed by atoms with Gasteiger partial charge < -0.3 is 4.90 Å². The first-order valence-electron chi connectivity index (χ1n) is 6.48. The number of hydrogen-bond acceptors (Lipinski definition) is 6. The lowest BCUT2D eigenvalue weighted by molar-refractivity contribution is 0.248. The molecule has 0 saturated carbocycles. The number of hydrogen-bond donors (Lipinski definition) is 1. The lowest BCUT2D eigenvalue weighted by atomic mass is 10.1. The van der Waals surface area contributed by atoms with Gasteiger partial charge in [0.1, 0.15) is 10.4 Å². The Morgan fingerprint density at radius 3 is 2.80 bits per heavy atom. The fourth-order valence-electron chi connectivity index (χ4n) is 2.41. The van der Waals surface area contributed by atoms with Crippen LogP contribution >= 0.6 is 0 Å². The summed E-state index contributed by atoms with van der Waals surface area (Å²) in [5.74, 6) is 0. The Morgan fingerprint density at radius 1 is 1.30 bits per heavy atom. The molecule has 1 N–H and O–H groups in total. The van der Waals surface area contributed by atoms with E-state index in [1.807, 2.05) is 7.05 Å². The lowest BCUT2D eigenvalue weighted by Crippen LogP contribution is -2.43. The molecule has 1 aromatic heterocycles. The molecule has 1 aliphatic heterocycles. The predicted octanol–water partition coefficient (Wildman–Crippen LogP) is 0.595. The Kier molecular flexibility index (Phi) is 3.45. The van der Waals surface area contributed by atoms with Crippen LogP contribution in [0.2, 0.25) is 0 Å². The largest absolute Gasteiger partial charge is 0.306 e. The van der Waals surface area contributed by atoms with Gasteiger partial charge in [-0.3, -0.25) is 0 Å². The van der Waals surface area contributed by atoms with Gasteiger partial charge in [-0.2, -0.15) is 0 Å². The molecule has 3 rings (SSSR count). The average Bonchev–Trinajstić information content (AvgIpc) is 2.89. The van der Waals surface area contributed by atoms with E-state index in [2.05, 4.69) is 24.6 Å². The molecule has 0 bridgehead atoms. The van der Waals surface area contributed by atoms with Crippen molar-refractivity contribution in [2.24, 2.45) is 0 Å². The van der Waals surface area contributed by atoms with Crippen molar-refractivity contribution in [1.29, 1.82) is 0 Å². The molecule has 1 fully saturated rings. The fourth-order valence-corrected chi connectivity index (χ4v) is 3.86. The second kappa shape index (κ2) is 5.12. The molecule has 1 saturated heterocycles. The number of likely N-dealkylation sites (tertiary alicyclic amines) is 1. The molecule has 0 aliphatic carbocycles. The van der Waals surface area contributed by atoms with Crippen molar-refractivity contribution in [3.8, 4) is 0 Å². The minimum atomic E-state index is -3.60. The summed E-state index contributed by atoms with van der Waals surface area (Å²) in [7, 11) is -1.57. The average molecular weight is 296 g/mol. The summed E-state index contributed by atoms with van der Waals surface area (Å²) in [5.41, 5.74) is 0.712. The number of sulfonamides is 1. The molecule has 0 amide bonds. The van der Waals surface area contributed by atoms with E-state index < -0.39 is 10.0 Å². The number of fused-ring (bicyclic) bond motifs is 1. The molecule has 8 heteroatoms. The molecule has 0 spiro atoms. The molecule has 20 heavy (non-hydrogen) atoms. The molecular weight excluding hydrogens is 280 g/mol. The van der Waals surface area contributed by atoms with E-state index in [9.17, 15) is 8.42 Å². The summed E-state index contributed by atoms with van der Waals surface area (Å²) >= 11 is 0. The monoisotopic (exact) mass is 296 g/mol. The zero-order valence-electron chi connectivity index (χ0n) is 11.1. The number of nitrogens with one attached hydrogen (secondary N) is 1. The van der Waals surface area contributed by atoms with Crippen molar-refractivity contribution in [3.05, 3.63) is 18.2 Å². The molecule has 1 aliphatic rings. The molecule has 1 aromatic carbocycles. The third-order valence-electron chi connectivity index (χ3n) is 3.58. The highest BCUT2D eigenvalue weighted by atomic mass is 32.2. The molecule has 0 unspecified atom stereocenters. The zero-order valence-corrected chi connectivity index (χ0v) is 11.9. The molecule has 0 atom stereocenters. The Hall–Kier alpha value is -1.51. The van der Waals surface area contributed by atoms with Crippen LogP contribution in [0.5, 0.6) is 0 Å². The van der Waals surface area contributed by atoms with Crippen LogP contribution < -0.4 is 4.72 Å². The maximum atomic E-state index is 12.5. The predicted molar refractivity (Wildman–Crippen MR) is 72.6 cm³/mol. The van der Waals surface area contributed by atoms with E-state index in [1.165, 1.54) is 6.07 Å². The van der Waals surface area contributed by atoms with Crippen molar-refractivity contribution in [1.82, 2.24) is 19.9 Å². The minimum absolute atomic E-state index is 0.0358. The van der Waals surface area contributed by atoms with Gasteiger partial charge in [0, 0.05) is 6.04 Å². The van der Waals surface area contributed by atoms with Crippen LogP contribution in [0.1, 0.15) is 12.8 Å². The van der Waals surface area contributed by atoms with Crippen LogP contribution in [-0.2, 0) is 10.0 Å². The van der Waals surface area contributed by atoms with Crippen LogP contribution in [-0.4, -0.2) is 49.8 Å². The van der Waals surface area contributed by atoms with Crippen LogP contribution in [0.15, 0.2) is 27.7 Å². The standard InChI is InChI=1S/C12H16N4O3S/c1-16-7-5-9(6-8-16)15-20(17,18)11-4-2-3-10-12(11)14-19-13-10/h2-4,9,15H,5-8H2,1H3. The third-order valence-corrected chi connectivity index (χ3v) is 5.13. The van der Waals surface area contributed by atoms with E-state index in [4.69, 9.17) is 0 Å². The summed E-state index contributed by atoms with van der Waals surface area (Å²) in [4.78, 5) is 2.31. The Morgan fingerprint density at radius 2 is 2.05 bits per heavy atom. The van der Waals surface area contributed by atoms with E-state index in [1.54, 1.807) is 12.1 Å². The summed E-state index contributed by atoms with van der Waals surface area (Å²) in [5, 5.41) is 7.34. The Labute approximate surface area is 117 Å². The molecule has 108 valence electrons. The van der Waals surface area contributed by atoms with Crippen LogP contribution in [0, 0.1) is 0 Å². The second-order valence-electron chi connectivity index (χ2n) is 5.09. The van der Waals surface area contributed by atoms with E-state index in [-0.39, 0.29) is 16.5 Å². The van der Waals surface area contributed by atoms with Crippen LogP contribution in [0.25, 0.3) is 11.0 Å². The van der Waals surface area contributed by atoms with Gasteiger partial charge in [-0.25, -0.2) is 17.8 Å². The first-order chi connectivity index (χ1) is 9.56. The number of piperidine rings is 1. The topological polar surface area (TPSA) is 88.3 Å². The molecule has 7 nitrogen and oxygen atoms in total. The van der Waals surface area contributed by atoms with E-state index >= 15 is 0 Å². The third kappa shape index (κ3) is 2.54. The van der Waals surface area contributed by atoms with Gasteiger partial charge in [-0.15, -0.1) is 0 Å². The number of benzene rings is 1. The highest BCUT2D eigenvalue weighted by Gasteiger charge is 2.25. The van der Waals surface area contributed by atoms with Crippen molar-refractivity contribution in [2.45, 2.75) is 23.8 Å². The molecule has 0 radical (unpaired) electrons. The van der Waals surface area contributed by atoms with Crippen LogP contribution in [0.3, 0.4) is 0 Å². The summed E-state index contributed by atoms with van der Waals surface area (Å²) in [6, 6.07) is 4.78. The first-order valence-corrected chi connectivity index (χ1v) is 7.97. The maximum absolute atomic E-state index is 12.5. The highest BCUT2D eigenvalue weighted by Crippen LogP contribution is 2.21. The van der Waals surface area contributed by atoms with Crippen LogP contribution in [0.4, 0.5) is 0 Å². The van der Waals surface area contributed by atoms with E-state index in [0.717, 1.165) is 25.9 Å². The molecule has 2 aromatic rings. The molecular formula is C12H16N4O3S. The van der Waals surface area contributed by atoms with Gasteiger partial charge in [0.15, 0.2) is 5.52 Å². The van der Waals surface area contributed by atoms with Gasteiger partial charge in [-0.1, -0.05) is 6.07 Å². The first kappa shape index (κ1) is 13.5. The maximum Gasteiger partial charge on any atom is 0.243 e. The van der Waals surface area contributed by atoms with Gasteiger partial charge in [0.25, 0.3) is 0 Å². The van der Waals surface area contributed by atoms with Gasteiger partial charge in [0.2, 0.25) is 10.0 Å².